The summed E-state index contributed by atoms with van der Waals surface area (Å²) < 4.78 is 31.6. The van der Waals surface area contributed by atoms with E-state index in [4.69, 9.17) is 4.74 Å². The van der Waals surface area contributed by atoms with Gasteiger partial charge in [0.05, 0.1) is 18.8 Å². The van der Waals surface area contributed by atoms with Gasteiger partial charge in [-0.25, -0.2) is 18.1 Å². The molecule has 0 bridgehead atoms. The molecule has 0 unspecified atom stereocenters. The predicted octanol–water partition coefficient (Wildman–Crippen LogP) is 1.60. The van der Waals surface area contributed by atoms with E-state index in [1.807, 2.05) is 0 Å². The van der Waals surface area contributed by atoms with Crippen molar-refractivity contribution < 1.29 is 17.9 Å². The average Bonchev–Trinajstić information content (AvgIpc) is 3.07. The van der Waals surface area contributed by atoms with Crippen LogP contribution in [0.1, 0.15) is 12.6 Å². The van der Waals surface area contributed by atoms with Gasteiger partial charge in [-0.05, 0) is 30.5 Å². The highest BCUT2D eigenvalue weighted by Crippen LogP contribution is 2.15. The summed E-state index contributed by atoms with van der Waals surface area (Å²) in [5.41, 5.74) is 0.541. The van der Waals surface area contributed by atoms with Crippen LogP contribution in [0.4, 0.5) is 5.82 Å². The van der Waals surface area contributed by atoms with Gasteiger partial charge in [0.2, 0.25) is 10.0 Å². The van der Waals surface area contributed by atoms with E-state index < -0.39 is 10.0 Å². The van der Waals surface area contributed by atoms with Crippen molar-refractivity contribution in [3.05, 3.63) is 41.4 Å². The lowest BCUT2D eigenvalue weighted by Gasteiger charge is -2.08. The van der Waals surface area contributed by atoms with E-state index in [9.17, 15) is 13.2 Å². The van der Waals surface area contributed by atoms with Gasteiger partial charge in [-0.3, -0.25) is 4.79 Å². The number of nitrogens with one attached hydrogen (secondary N) is 2. The highest BCUT2D eigenvalue weighted by molar-refractivity contribution is 7.91. The summed E-state index contributed by atoms with van der Waals surface area (Å²) in [6.07, 6.45) is 0. The second-order valence-electron chi connectivity index (χ2n) is 4.43. The third kappa shape index (κ3) is 5.31. The molecule has 9 heteroatoms. The zero-order chi connectivity index (χ0) is 16.7. The van der Waals surface area contributed by atoms with Gasteiger partial charge in [-0.1, -0.05) is 12.1 Å². The first-order chi connectivity index (χ1) is 11.0. The Balaban J connectivity index is 1.94. The zero-order valence-corrected chi connectivity index (χ0v) is 14.1. The largest absolute Gasteiger partial charge is 0.465 e. The van der Waals surface area contributed by atoms with Crippen LogP contribution >= 0.6 is 11.3 Å². The number of carbonyl (C=O) groups excluding carboxylic acids is 1. The van der Waals surface area contributed by atoms with Crippen LogP contribution < -0.4 is 10.0 Å². The molecule has 0 spiro atoms. The Bertz CT molecular complexity index is 745. The van der Waals surface area contributed by atoms with Crippen LogP contribution in [0, 0.1) is 0 Å². The number of hydrogen-bond donors (Lipinski definition) is 2. The number of nitrogens with zero attached hydrogens (tertiary/aromatic N) is 1. The van der Waals surface area contributed by atoms with Gasteiger partial charge >= 0.3 is 5.97 Å². The quantitative estimate of drug-likeness (QED) is 0.698. The number of aromatic nitrogens is 1. The average molecular weight is 355 g/mol. The summed E-state index contributed by atoms with van der Waals surface area (Å²) in [6, 6.07) is 8.34. The minimum absolute atomic E-state index is 0.00517. The molecule has 0 radical (unpaired) electrons. The second-order valence-corrected chi connectivity index (χ2v) is 7.37. The van der Waals surface area contributed by atoms with E-state index in [-0.39, 0.29) is 23.3 Å². The number of esters is 1. The minimum Gasteiger partial charge on any atom is -0.465 e. The summed E-state index contributed by atoms with van der Waals surface area (Å²) in [5.74, 6) is 0.101. The molecule has 2 aromatic rings. The topological polar surface area (TPSA) is 97.4 Å². The standard InChI is InChI=1S/C14H17N3O4S2/c1-2-21-13(18)10-15-12-6-3-5-11(17-12)9-16-23(19,20)14-7-4-8-22-14/h3-8,16H,2,9-10H2,1H3,(H,15,17). The Hall–Kier alpha value is -1.97. The van der Waals surface area contributed by atoms with Crippen LogP contribution in [-0.2, 0) is 26.1 Å². The number of sulfonamides is 1. The first-order valence-corrected chi connectivity index (χ1v) is 9.26. The molecule has 0 saturated carbocycles. The smallest absolute Gasteiger partial charge is 0.325 e. The molecule has 0 atom stereocenters. The van der Waals surface area contributed by atoms with E-state index in [1.54, 1.807) is 36.6 Å². The molecule has 0 amide bonds. The number of hydrogen-bond acceptors (Lipinski definition) is 7. The number of ether oxygens (including phenoxy) is 1. The fraction of sp³-hybridized carbons (Fsp3) is 0.286. The van der Waals surface area contributed by atoms with Gasteiger partial charge in [0.25, 0.3) is 0 Å². The first-order valence-electron chi connectivity index (χ1n) is 6.90. The number of thiophene rings is 1. The van der Waals surface area contributed by atoms with Gasteiger partial charge in [0, 0.05) is 0 Å². The molecular weight excluding hydrogens is 338 g/mol. The Morgan fingerprint density at radius 2 is 2.13 bits per heavy atom. The van der Waals surface area contributed by atoms with Crippen molar-refractivity contribution >= 4 is 33.1 Å². The molecule has 0 saturated heterocycles. The van der Waals surface area contributed by atoms with Gasteiger partial charge < -0.3 is 10.1 Å². The molecule has 0 fully saturated rings. The van der Waals surface area contributed by atoms with Crippen molar-refractivity contribution in [2.24, 2.45) is 0 Å². The molecule has 0 aliphatic carbocycles. The van der Waals surface area contributed by atoms with Crippen LogP contribution in [0.15, 0.2) is 39.9 Å². The van der Waals surface area contributed by atoms with Gasteiger partial charge in [-0.2, -0.15) is 0 Å². The van der Waals surface area contributed by atoms with Crippen molar-refractivity contribution in [2.75, 3.05) is 18.5 Å². The molecule has 0 aliphatic heterocycles. The van der Waals surface area contributed by atoms with Crippen molar-refractivity contribution in [2.45, 2.75) is 17.7 Å². The van der Waals surface area contributed by atoms with Crippen LogP contribution in [-0.4, -0.2) is 32.5 Å². The number of carbonyl (C=O) groups is 1. The van der Waals surface area contributed by atoms with Crippen LogP contribution in [0.5, 0.6) is 0 Å². The molecule has 2 rings (SSSR count). The maximum Gasteiger partial charge on any atom is 0.325 e. The molecule has 2 aromatic heterocycles. The fourth-order valence-corrected chi connectivity index (χ4v) is 3.74. The molecule has 7 nitrogen and oxygen atoms in total. The predicted molar refractivity (Wildman–Crippen MR) is 87.7 cm³/mol. The van der Waals surface area contributed by atoms with Gasteiger partial charge in [0.15, 0.2) is 0 Å². The highest BCUT2D eigenvalue weighted by atomic mass is 32.2. The van der Waals surface area contributed by atoms with Crippen molar-refractivity contribution in [1.82, 2.24) is 9.71 Å². The molecule has 0 aromatic carbocycles. The van der Waals surface area contributed by atoms with Crippen LogP contribution in [0.3, 0.4) is 0 Å². The summed E-state index contributed by atoms with van der Waals surface area (Å²) in [4.78, 5) is 15.5. The Kier molecular flexibility index (Phi) is 6.08. The Morgan fingerprint density at radius 3 is 2.83 bits per heavy atom. The Labute approximate surface area is 138 Å². The van der Waals surface area contributed by atoms with Crippen molar-refractivity contribution in [3.8, 4) is 0 Å². The second kappa shape index (κ2) is 8.04. The van der Waals surface area contributed by atoms with Crippen LogP contribution in [0.2, 0.25) is 0 Å². The zero-order valence-electron chi connectivity index (χ0n) is 12.5. The lowest BCUT2D eigenvalue weighted by molar-refractivity contribution is -0.140. The normalized spacial score (nSPS) is 11.2. The van der Waals surface area contributed by atoms with Gasteiger partial charge in [-0.15, -0.1) is 11.3 Å². The molecular formula is C14H17N3O4S2. The number of pyridine rings is 1. The summed E-state index contributed by atoms with van der Waals surface area (Å²) in [6.45, 7) is 2.12. The van der Waals surface area contributed by atoms with Crippen molar-refractivity contribution in [3.63, 3.8) is 0 Å². The van der Waals surface area contributed by atoms with E-state index >= 15 is 0 Å². The van der Waals surface area contributed by atoms with E-state index in [1.165, 1.54) is 6.07 Å². The molecule has 2 heterocycles. The molecule has 23 heavy (non-hydrogen) atoms. The van der Waals surface area contributed by atoms with Gasteiger partial charge in [0.1, 0.15) is 16.6 Å². The molecule has 124 valence electrons. The highest BCUT2D eigenvalue weighted by Gasteiger charge is 2.14. The maximum absolute atomic E-state index is 12.0. The van der Waals surface area contributed by atoms with E-state index in [0.717, 1.165) is 11.3 Å². The summed E-state index contributed by atoms with van der Waals surface area (Å²) in [7, 11) is -3.53. The number of anilines is 1. The summed E-state index contributed by atoms with van der Waals surface area (Å²) in [5, 5.41) is 4.53. The SMILES string of the molecule is CCOC(=O)CNc1cccc(CNS(=O)(=O)c2cccs2)n1. The molecule has 2 N–H and O–H groups in total. The monoisotopic (exact) mass is 355 g/mol. The lowest BCUT2D eigenvalue weighted by atomic mass is 10.3. The number of rotatable bonds is 8. The lowest BCUT2D eigenvalue weighted by Crippen LogP contribution is -2.23. The third-order valence-electron chi connectivity index (χ3n) is 2.73. The van der Waals surface area contributed by atoms with E-state index in [2.05, 4.69) is 15.0 Å². The van der Waals surface area contributed by atoms with E-state index in [0.29, 0.717) is 18.1 Å². The minimum atomic E-state index is -3.53. The first kappa shape index (κ1) is 17.4. The maximum atomic E-state index is 12.0. The fourth-order valence-electron chi connectivity index (χ4n) is 1.71. The third-order valence-corrected chi connectivity index (χ3v) is 5.53. The summed E-state index contributed by atoms with van der Waals surface area (Å²) >= 11 is 1.15. The molecule has 0 aliphatic rings. The Morgan fingerprint density at radius 1 is 1.30 bits per heavy atom. The van der Waals surface area contributed by atoms with Crippen LogP contribution in [0.25, 0.3) is 0 Å². The van der Waals surface area contributed by atoms with Crippen molar-refractivity contribution in [1.29, 1.82) is 0 Å².